The van der Waals surface area contributed by atoms with Crippen molar-refractivity contribution in [1.82, 2.24) is 0 Å². The van der Waals surface area contributed by atoms with E-state index in [-0.39, 0.29) is 17.7 Å². The number of hydrogen-bond donors (Lipinski definition) is 2. The first kappa shape index (κ1) is 16.8. The lowest BCUT2D eigenvalue weighted by Crippen LogP contribution is -2.15. The van der Waals surface area contributed by atoms with Crippen molar-refractivity contribution in [3.05, 3.63) is 83.4 Å². The van der Waals surface area contributed by atoms with Crippen molar-refractivity contribution in [1.29, 1.82) is 0 Å². The zero-order valence-corrected chi connectivity index (χ0v) is 15.4. The van der Waals surface area contributed by atoms with Crippen LogP contribution < -0.4 is 10.6 Å². The molecule has 0 aromatic heterocycles. The van der Waals surface area contributed by atoms with Crippen LogP contribution in [0.4, 0.5) is 11.4 Å². The summed E-state index contributed by atoms with van der Waals surface area (Å²) in [4.78, 5) is 24.6. The van der Waals surface area contributed by atoms with Crippen LogP contribution in [0, 0.1) is 5.92 Å². The fraction of sp³-hybridized carbons (Fsp3) is 0.167. The third-order valence-corrected chi connectivity index (χ3v) is 5.39. The van der Waals surface area contributed by atoms with Crippen molar-refractivity contribution >= 4 is 23.2 Å². The molecule has 1 fully saturated rings. The SMILES string of the molecule is O=C(Nc1ccc2c(c1)Cc1ccccc1-2)c1cccc(NC(=O)C2CC2)c1. The highest BCUT2D eigenvalue weighted by molar-refractivity contribution is 6.05. The van der Waals surface area contributed by atoms with Gasteiger partial charge in [-0.25, -0.2) is 0 Å². The Balaban J connectivity index is 1.32. The number of rotatable bonds is 4. The molecule has 4 nitrogen and oxygen atoms in total. The predicted molar refractivity (Wildman–Crippen MR) is 110 cm³/mol. The van der Waals surface area contributed by atoms with Gasteiger partial charge in [0.15, 0.2) is 0 Å². The van der Waals surface area contributed by atoms with E-state index in [0.717, 1.165) is 24.9 Å². The van der Waals surface area contributed by atoms with Gasteiger partial charge in [-0.2, -0.15) is 0 Å². The minimum Gasteiger partial charge on any atom is -0.326 e. The van der Waals surface area contributed by atoms with Gasteiger partial charge in [0.1, 0.15) is 0 Å². The third kappa shape index (κ3) is 3.18. The topological polar surface area (TPSA) is 58.2 Å². The van der Waals surface area contributed by atoms with Crippen LogP contribution in [0.25, 0.3) is 11.1 Å². The van der Waals surface area contributed by atoms with Gasteiger partial charge in [0.25, 0.3) is 5.91 Å². The molecule has 3 aromatic rings. The summed E-state index contributed by atoms with van der Waals surface area (Å²) in [5.74, 6) is -0.0123. The molecule has 0 unspecified atom stereocenters. The average molecular weight is 368 g/mol. The van der Waals surface area contributed by atoms with Crippen molar-refractivity contribution in [2.24, 2.45) is 5.92 Å². The second-order valence-corrected chi connectivity index (χ2v) is 7.50. The van der Waals surface area contributed by atoms with Crippen LogP contribution in [-0.4, -0.2) is 11.8 Å². The van der Waals surface area contributed by atoms with Gasteiger partial charge in [-0.3, -0.25) is 9.59 Å². The Labute approximate surface area is 163 Å². The number of hydrogen-bond acceptors (Lipinski definition) is 2. The van der Waals surface area contributed by atoms with E-state index in [4.69, 9.17) is 0 Å². The monoisotopic (exact) mass is 368 g/mol. The zero-order chi connectivity index (χ0) is 19.1. The molecule has 138 valence electrons. The summed E-state index contributed by atoms with van der Waals surface area (Å²) in [6.07, 6.45) is 2.79. The molecule has 4 heteroatoms. The Hall–Kier alpha value is -3.40. The minimum absolute atomic E-state index is 0.0377. The molecule has 28 heavy (non-hydrogen) atoms. The van der Waals surface area contributed by atoms with E-state index >= 15 is 0 Å². The number of anilines is 2. The molecule has 5 rings (SSSR count). The highest BCUT2D eigenvalue weighted by atomic mass is 16.2. The minimum atomic E-state index is -0.182. The second-order valence-electron chi connectivity index (χ2n) is 7.50. The van der Waals surface area contributed by atoms with Crippen molar-refractivity contribution in [3.8, 4) is 11.1 Å². The van der Waals surface area contributed by atoms with E-state index in [9.17, 15) is 9.59 Å². The van der Waals surface area contributed by atoms with Gasteiger partial charge in [0.05, 0.1) is 0 Å². The Kier molecular flexibility index (Phi) is 3.97. The summed E-state index contributed by atoms with van der Waals surface area (Å²) in [5.41, 5.74) is 7.02. The Morgan fingerprint density at radius 2 is 1.54 bits per heavy atom. The van der Waals surface area contributed by atoms with Gasteiger partial charge in [-0.15, -0.1) is 0 Å². The molecule has 0 aliphatic heterocycles. The summed E-state index contributed by atoms with van der Waals surface area (Å²) < 4.78 is 0. The molecular formula is C24H20N2O2. The fourth-order valence-electron chi connectivity index (χ4n) is 3.75. The van der Waals surface area contributed by atoms with Crippen LogP contribution in [0.5, 0.6) is 0 Å². The van der Waals surface area contributed by atoms with Gasteiger partial charge >= 0.3 is 0 Å². The number of carbonyl (C=O) groups excluding carboxylic acids is 2. The lowest BCUT2D eigenvalue weighted by atomic mass is 10.1. The van der Waals surface area contributed by atoms with E-state index in [0.29, 0.717) is 11.3 Å². The molecular weight excluding hydrogens is 348 g/mol. The molecule has 0 bridgehead atoms. The van der Waals surface area contributed by atoms with Crippen LogP contribution in [0.3, 0.4) is 0 Å². The maximum absolute atomic E-state index is 12.7. The lowest BCUT2D eigenvalue weighted by Gasteiger charge is -2.09. The second kappa shape index (κ2) is 6.64. The quantitative estimate of drug-likeness (QED) is 0.540. The average Bonchev–Trinajstić information content (AvgIpc) is 3.49. The van der Waals surface area contributed by atoms with Gasteiger partial charge < -0.3 is 10.6 Å². The number of amides is 2. The fourth-order valence-corrected chi connectivity index (χ4v) is 3.75. The molecule has 3 aromatic carbocycles. The van der Waals surface area contributed by atoms with Crippen LogP contribution in [-0.2, 0) is 11.2 Å². The first-order valence-corrected chi connectivity index (χ1v) is 9.61. The summed E-state index contributed by atoms with van der Waals surface area (Å²) in [6.45, 7) is 0. The Morgan fingerprint density at radius 3 is 2.39 bits per heavy atom. The molecule has 2 N–H and O–H groups in total. The Morgan fingerprint density at radius 1 is 0.750 bits per heavy atom. The van der Waals surface area contributed by atoms with E-state index in [1.165, 1.54) is 22.3 Å². The third-order valence-electron chi connectivity index (χ3n) is 5.39. The molecule has 0 saturated heterocycles. The molecule has 0 heterocycles. The summed E-state index contributed by atoms with van der Waals surface area (Å²) in [5, 5.41) is 5.87. The summed E-state index contributed by atoms with van der Waals surface area (Å²) in [7, 11) is 0. The van der Waals surface area contributed by atoms with Gasteiger partial charge in [-0.05, 0) is 71.8 Å². The summed E-state index contributed by atoms with van der Waals surface area (Å²) in [6, 6.07) is 21.5. The first-order valence-electron chi connectivity index (χ1n) is 9.61. The smallest absolute Gasteiger partial charge is 0.255 e. The van der Waals surface area contributed by atoms with E-state index < -0.39 is 0 Å². The van der Waals surface area contributed by atoms with Crippen molar-refractivity contribution in [2.75, 3.05) is 10.6 Å². The number of fused-ring (bicyclic) bond motifs is 3. The lowest BCUT2D eigenvalue weighted by molar-refractivity contribution is -0.117. The van der Waals surface area contributed by atoms with Crippen molar-refractivity contribution in [3.63, 3.8) is 0 Å². The van der Waals surface area contributed by atoms with Crippen LogP contribution in [0.1, 0.15) is 34.3 Å². The van der Waals surface area contributed by atoms with E-state index in [2.05, 4.69) is 41.0 Å². The molecule has 2 aliphatic carbocycles. The number of nitrogens with one attached hydrogen (secondary N) is 2. The van der Waals surface area contributed by atoms with Crippen LogP contribution in [0.2, 0.25) is 0 Å². The molecule has 0 spiro atoms. The van der Waals surface area contributed by atoms with E-state index in [1.807, 2.05) is 18.2 Å². The van der Waals surface area contributed by atoms with Crippen molar-refractivity contribution in [2.45, 2.75) is 19.3 Å². The van der Waals surface area contributed by atoms with E-state index in [1.54, 1.807) is 18.2 Å². The highest BCUT2D eigenvalue weighted by Crippen LogP contribution is 2.37. The molecule has 0 atom stereocenters. The molecule has 1 saturated carbocycles. The largest absolute Gasteiger partial charge is 0.326 e. The molecule has 0 radical (unpaired) electrons. The van der Waals surface area contributed by atoms with Crippen LogP contribution >= 0.6 is 0 Å². The zero-order valence-electron chi connectivity index (χ0n) is 15.4. The predicted octanol–water partition coefficient (Wildman–Crippen LogP) is 4.86. The first-order chi connectivity index (χ1) is 13.7. The summed E-state index contributed by atoms with van der Waals surface area (Å²) >= 11 is 0. The standard InChI is InChI=1S/C24H20N2O2/c27-23(15-8-9-15)25-19-6-3-5-17(13-19)24(28)26-20-10-11-22-18(14-20)12-16-4-1-2-7-21(16)22/h1-7,10-11,13-15H,8-9,12H2,(H,25,27)(H,26,28). The van der Waals surface area contributed by atoms with Gasteiger partial charge in [-0.1, -0.05) is 36.4 Å². The number of carbonyl (C=O) groups is 2. The maximum atomic E-state index is 12.7. The maximum Gasteiger partial charge on any atom is 0.255 e. The van der Waals surface area contributed by atoms with Crippen LogP contribution in [0.15, 0.2) is 66.7 Å². The number of benzene rings is 3. The normalized spacial score (nSPS) is 14.1. The highest BCUT2D eigenvalue weighted by Gasteiger charge is 2.29. The molecule has 2 amide bonds. The van der Waals surface area contributed by atoms with Crippen molar-refractivity contribution < 1.29 is 9.59 Å². The Bertz CT molecular complexity index is 1100. The van der Waals surface area contributed by atoms with Gasteiger partial charge in [0.2, 0.25) is 5.91 Å². The van der Waals surface area contributed by atoms with Gasteiger partial charge in [0, 0.05) is 22.9 Å². The molecule has 2 aliphatic rings.